The number of H-pyrrole nitrogens is 1. The first-order valence-corrected chi connectivity index (χ1v) is 11.1. The van der Waals surface area contributed by atoms with Gasteiger partial charge in [0, 0.05) is 35.6 Å². The van der Waals surface area contributed by atoms with Crippen molar-refractivity contribution < 1.29 is 14.0 Å². The van der Waals surface area contributed by atoms with Crippen molar-refractivity contribution in [1.82, 2.24) is 20.3 Å². The molecule has 5 aromatic rings. The zero-order valence-corrected chi connectivity index (χ0v) is 19.0. The maximum Gasteiger partial charge on any atom is 0.255 e. The average Bonchev–Trinajstić information content (AvgIpc) is 3.34. The average molecular weight is 481 g/mol. The zero-order valence-electron chi connectivity index (χ0n) is 19.0. The Balaban J connectivity index is 1.22. The Morgan fingerprint density at radius 2 is 1.75 bits per heavy atom. The van der Waals surface area contributed by atoms with Gasteiger partial charge >= 0.3 is 0 Å². The van der Waals surface area contributed by atoms with Gasteiger partial charge in [0.05, 0.1) is 22.4 Å². The number of aromatic nitrogens is 3. The second-order valence-electron chi connectivity index (χ2n) is 8.12. The van der Waals surface area contributed by atoms with Gasteiger partial charge < -0.3 is 21.4 Å². The molecule has 0 fully saturated rings. The number of anilines is 2. The molecule has 178 valence electrons. The fourth-order valence-electron chi connectivity index (χ4n) is 3.68. The molecule has 0 unspecified atom stereocenters. The Kier molecular flexibility index (Phi) is 6.10. The summed E-state index contributed by atoms with van der Waals surface area (Å²) in [6, 6.07) is 19.5. The number of nitrogens with one attached hydrogen (secondary N) is 3. The molecule has 2 amide bonds. The third-order valence-electron chi connectivity index (χ3n) is 5.61. The van der Waals surface area contributed by atoms with E-state index in [0.717, 1.165) is 28.2 Å². The number of hydrogen-bond acceptors (Lipinski definition) is 5. The van der Waals surface area contributed by atoms with Crippen LogP contribution in [-0.2, 0) is 6.54 Å². The van der Waals surface area contributed by atoms with Crippen LogP contribution in [0.2, 0.25) is 0 Å². The number of halogens is 1. The summed E-state index contributed by atoms with van der Waals surface area (Å²) in [5.41, 5.74) is 10.3. The van der Waals surface area contributed by atoms with E-state index in [1.54, 1.807) is 54.9 Å². The van der Waals surface area contributed by atoms with E-state index in [1.165, 1.54) is 12.1 Å². The fourth-order valence-corrected chi connectivity index (χ4v) is 3.68. The highest BCUT2D eigenvalue weighted by Crippen LogP contribution is 2.22. The molecule has 2 heterocycles. The summed E-state index contributed by atoms with van der Waals surface area (Å²) in [6.45, 7) is 0.277. The minimum atomic E-state index is -0.494. The molecule has 0 saturated carbocycles. The molecule has 0 aliphatic rings. The van der Waals surface area contributed by atoms with Gasteiger partial charge in [0.2, 0.25) is 0 Å². The number of carbonyl (C=O) groups excluding carboxylic acids is 2. The van der Waals surface area contributed by atoms with Crippen LogP contribution in [0.3, 0.4) is 0 Å². The standard InChI is InChI=1S/C27H21FN6O2/c28-20-8-9-21(29)23(13-20)34-27(36)17-5-3-16(4-6-17)14-31-26(35)18-7-10-22-24(12-18)33-25(32-22)19-2-1-11-30-15-19/h1-13,15H,14,29H2,(H,31,35)(H,32,33)(H,34,36). The van der Waals surface area contributed by atoms with Crippen LogP contribution >= 0.6 is 0 Å². The SMILES string of the molecule is Nc1ccc(F)cc1NC(=O)c1ccc(CNC(=O)c2ccc3nc(-c4cccnc4)[nH]c3c2)cc1. The van der Waals surface area contributed by atoms with E-state index in [4.69, 9.17) is 5.73 Å². The van der Waals surface area contributed by atoms with Gasteiger partial charge in [0.15, 0.2) is 0 Å². The Labute approximate surface area is 205 Å². The highest BCUT2D eigenvalue weighted by molar-refractivity contribution is 6.05. The van der Waals surface area contributed by atoms with Crippen molar-refractivity contribution in [3.63, 3.8) is 0 Å². The van der Waals surface area contributed by atoms with E-state index in [2.05, 4.69) is 25.6 Å². The Hall–Kier alpha value is -5.05. The molecular weight excluding hydrogens is 459 g/mol. The molecule has 5 rings (SSSR count). The van der Waals surface area contributed by atoms with Crippen molar-refractivity contribution in [2.24, 2.45) is 0 Å². The number of hydrogen-bond donors (Lipinski definition) is 4. The molecule has 8 nitrogen and oxygen atoms in total. The first kappa shape index (κ1) is 22.7. The van der Waals surface area contributed by atoms with Gasteiger partial charge in [-0.1, -0.05) is 12.1 Å². The molecule has 2 aromatic heterocycles. The number of nitrogens with two attached hydrogens (primary N) is 1. The van der Waals surface area contributed by atoms with Gasteiger partial charge in [-0.15, -0.1) is 0 Å². The summed E-state index contributed by atoms with van der Waals surface area (Å²) in [4.78, 5) is 37.1. The first-order chi connectivity index (χ1) is 17.5. The largest absolute Gasteiger partial charge is 0.397 e. The second-order valence-corrected chi connectivity index (χ2v) is 8.12. The van der Waals surface area contributed by atoms with Gasteiger partial charge in [-0.25, -0.2) is 9.37 Å². The maximum atomic E-state index is 13.4. The van der Waals surface area contributed by atoms with Crippen LogP contribution in [0.4, 0.5) is 15.8 Å². The molecule has 9 heteroatoms. The van der Waals surface area contributed by atoms with Gasteiger partial charge in [-0.2, -0.15) is 0 Å². The number of rotatable bonds is 6. The van der Waals surface area contributed by atoms with Crippen LogP contribution in [-0.4, -0.2) is 26.8 Å². The lowest BCUT2D eigenvalue weighted by atomic mass is 10.1. The van der Waals surface area contributed by atoms with Crippen molar-refractivity contribution in [2.75, 3.05) is 11.1 Å². The summed E-state index contributed by atoms with van der Waals surface area (Å²) in [5, 5.41) is 5.48. The summed E-state index contributed by atoms with van der Waals surface area (Å²) < 4.78 is 13.4. The predicted molar refractivity (Wildman–Crippen MR) is 136 cm³/mol. The zero-order chi connectivity index (χ0) is 25.1. The second kappa shape index (κ2) is 9.67. The molecule has 36 heavy (non-hydrogen) atoms. The van der Waals surface area contributed by atoms with E-state index < -0.39 is 11.7 Å². The topological polar surface area (TPSA) is 126 Å². The molecule has 5 N–H and O–H groups in total. The van der Waals surface area contributed by atoms with Gasteiger partial charge in [-0.3, -0.25) is 14.6 Å². The number of amides is 2. The van der Waals surface area contributed by atoms with Crippen molar-refractivity contribution in [2.45, 2.75) is 6.54 Å². The number of pyridine rings is 1. The van der Waals surface area contributed by atoms with Crippen molar-refractivity contribution in [1.29, 1.82) is 0 Å². The molecule has 0 bridgehead atoms. The Morgan fingerprint density at radius 3 is 2.53 bits per heavy atom. The van der Waals surface area contributed by atoms with Gasteiger partial charge in [0.1, 0.15) is 11.6 Å². The Morgan fingerprint density at radius 1 is 0.944 bits per heavy atom. The van der Waals surface area contributed by atoms with Crippen LogP contribution in [0.1, 0.15) is 26.3 Å². The lowest BCUT2D eigenvalue weighted by molar-refractivity contribution is 0.0950. The number of fused-ring (bicyclic) bond motifs is 1. The number of aromatic amines is 1. The van der Waals surface area contributed by atoms with Crippen molar-refractivity contribution >= 4 is 34.2 Å². The van der Waals surface area contributed by atoms with E-state index in [-0.39, 0.29) is 23.8 Å². The van der Waals surface area contributed by atoms with E-state index in [9.17, 15) is 14.0 Å². The predicted octanol–water partition coefficient (Wildman–Crippen LogP) is 4.53. The molecule has 0 radical (unpaired) electrons. The summed E-state index contributed by atoms with van der Waals surface area (Å²) in [6.07, 6.45) is 3.41. The normalized spacial score (nSPS) is 10.8. The molecule has 0 aliphatic carbocycles. The van der Waals surface area contributed by atoms with E-state index in [1.807, 2.05) is 12.1 Å². The van der Waals surface area contributed by atoms with Gasteiger partial charge in [-0.05, 0) is 66.2 Å². The van der Waals surface area contributed by atoms with Crippen molar-refractivity contribution in [3.05, 3.63) is 108 Å². The first-order valence-electron chi connectivity index (χ1n) is 11.1. The third-order valence-corrected chi connectivity index (χ3v) is 5.61. The highest BCUT2D eigenvalue weighted by atomic mass is 19.1. The molecule has 0 spiro atoms. The Bertz CT molecular complexity index is 1570. The highest BCUT2D eigenvalue weighted by Gasteiger charge is 2.12. The molecule has 0 aliphatic heterocycles. The van der Waals surface area contributed by atoms with Crippen LogP contribution in [0.5, 0.6) is 0 Å². The van der Waals surface area contributed by atoms with E-state index >= 15 is 0 Å². The lowest BCUT2D eigenvalue weighted by Gasteiger charge is -2.09. The number of nitrogens with zero attached hydrogens (tertiary/aromatic N) is 2. The van der Waals surface area contributed by atoms with Crippen LogP contribution in [0.25, 0.3) is 22.4 Å². The minimum Gasteiger partial charge on any atom is -0.397 e. The number of nitrogen functional groups attached to an aromatic ring is 1. The molecule has 3 aromatic carbocycles. The van der Waals surface area contributed by atoms with Crippen LogP contribution in [0, 0.1) is 5.82 Å². The summed E-state index contributed by atoms with van der Waals surface area (Å²) >= 11 is 0. The van der Waals surface area contributed by atoms with Crippen molar-refractivity contribution in [3.8, 4) is 11.4 Å². The van der Waals surface area contributed by atoms with Gasteiger partial charge in [0.25, 0.3) is 11.8 Å². The molecular formula is C27H21FN6O2. The number of imidazole rings is 1. The number of benzene rings is 3. The minimum absolute atomic E-state index is 0.207. The summed E-state index contributed by atoms with van der Waals surface area (Å²) in [5.74, 6) is -0.467. The quantitative estimate of drug-likeness (QED) is 0.266. The number of carbonyl (C=O) groups is 2. The van der Waals surface area contributed by atoms with Crippen LogP contribution < -0.4 is 16.4 Å². The molecule has 0 atom stereocenters. The molecule has 0 saturated heterocycles. The monoisotopic (exact) mass is 480 g/mol. The fraction of sp³-hybridized carbons (Fsp3) is 0.0370. The third kappa shape index (κ3) is 4.90. The smallest absolute Gasteiger partial charge is 0.255 e. The van der Waals surface area contributed by atoms with Crippen LogP contribution in [0.15, 0.2) is 85.2 Å². The lowest BCUT2D eigenvalue weighted by Crippen LogP contribution is -2.22. The van der Waals surface area contributed by atoms with E-state index in [0.29, 0.717) is 17.0 Å². The maximum absolute atomic E-state index is 13.4. The summed E-state index contributed by atoms with van der Waals surface area (Å²) in [7, 11) is 0.